The summed E-state index contributed by atoms with van der Waals surface area (Å²) in [6, 6.07) is 12.7. The molecule has 2 aromatic carbocycles. The highest BCUT2D eigenvalue weighted by Gasteiger charge is 2.20. The van der Waals surface area contributed by atoms with Gasteiger partial charge in [0.1, 0.15) is 0 Å². The molecule has 0 saturated carbocycles. The summed E-state index contributed by atoms with van der Waals surface area (Å²) in [4.78, 5) is 45.6. The number of rotatable bonds is 8. The first-order valence-corrected chi connectivity index (χ1v) is 13.3. The molecule has 1 amide bonds. The number of anilines is 1. The van der Waals surface area contributed by atoms with Gasteiger partial charge in [0, 0.05) is 55.6 Å². The van der Waals surface area contributed by atoms with Gasteiger partial charge in [0.05, 0.1) is 23.6 Å². The van der Waals surface area contributed by atoms with E-state index in [9.17, 15) is 14.4 Å². The number of carbonyl (C=O) groups excluding carboxylic acids is 1. The molecule has 3 heterocycles. The van der Waals surface area contributed by atoms with Gasteiger partial charge in [-0.05, 0) is 62.2 Å². The number of H-pyrrole nitrogens is 1. The number of halogens is 1. The number of nitrogens with zero attached hydrogens (tertiary/aromatic N) is 3. The van der Waals surface area contributed by atoms with Gasteiger partial charge in [-0.3, -0.25) is 19.1 Å². The number of aromatic amines is 1. The third kappa shape index (κ3) is 6.06. The molecule has 0 spiro atoms. The van der Waals surface area contributed by atoms with Crippen molar-refractivity contribution in [3.63, 3.8) is 0 Å². The smallest absolute Gasteiger partial charge is 0.328 e. The summed E-state index contributed by atoms with van der Waals surface area (Å²) in [6.45, 7) is 6.15. The number of benzene rings is 2. The minimum atomic E-state index is -0.485. The molecular weight excluding hydrogens is 494 g/mol. The lowest BCUT2D eigenvalue weighted by Gasteiger charge is -2.36. The van der Waals surface area contributed by atoms with Crippen molar-refractivity contribution in [3.05, 3.63) is 73.9 Å². The van der Waals surface area contributed by atoms with Crippen LogP contribution in [0.15, 0.2) is 52.1 Å². The summed E-state index contributed by atoms with van der Waals surface area (Å²) < 4.78 is 6.75. The third-order valence-corrected chi connectivity index (χ3v) is 7.37. The Kier molecular flexibility index (Phi) is 7.93. The Hall–Kier alpha value is -3.14. The molecule has 0 bridgehead atoms. The summed E-state index contributed by atoms with van der Waals surface area (Å²) in [6.07, 6.45) is 2.49. The van der Waals surface area contributed by atoms with E-state index >= 15 is 0 Å². The molecule has 0 radical (unpaired) electrons. The number of amides is 1. The Bertz CT molecular complexity index is 1370. The summed E-state index contributed by atoms with van der Waals surface area (Å²) in [5.41, 5.74) is 1.08. The van der Waals surface area contributed by atoms with E-state index in [1.54, 1.807) is 18.2 Å². The molecule has 0 aliphatic carbocycles. The first-order chi connectivity index (χ1) is 18.0. The number of piperazine rings is 1. The monoisotopic (exact) mass is 525 g/mol. The Morgan fingerprint density at radius 3 is 2.70 bits per heavy atom. The second kappa shape index (κ2) is 11.5. The molecule has 5 rings (SSSR count). The molecule has 3 aromatic rings. The van der Waals surface area contributed by atoms with Crippen molar-refractivity contribution in [3.8, 4) is 0 Å². The second-order valence-corrected chi connectivity index (χ2v) is 10.1. The van der Waals surface area contributed by atoms with E-state index < -0.39 is 5.69 Å². The van der Waals surface area contributed by atoms with Gasteiger partial charge in [-0.1, -0.05) is 17.7 Å². The van der Waals surface area contributed by atoms with Gasteiger partial charge in [0.15, 0.2) is 0 Å². The lowest BCUT2D eigenvalue weighted by molar-refractivity contribution is 0.0949. The van der Waals surface area contributed by atoms with Crippen LogP contribution < -0.4 is 21.5 Å². The number of nitrogens with one attached hydrogen (secondary N) is 2. The first kappa shape index (κ1) is 25.5. The fraction of sp³-hybridized carbons (Fsp3) is 0.444. The second-order valence-electron chi connectivity index (χ2n) is 9.66. The van der Waals surface area contributed by atoms with Gasteiger partial charge < -0.3 is 19.9 Å². The summed E-state index contributed by atoms with van der Waals surface area (Å²) in [5.74, 6) is -0.225. The molecule has 1 atom stereocenters. The molecule has 37 heavy (non-hydrogen) atoms. The summed E-state index contributed by atoms with van der Waals surface area (Å²) in [5, 5.41) is 4.08. The lowest BCUT2D eigenvalue weighted by atomic mass is 10.1. The van der Waals surface area contributed by atoms with Crippen molar-refractivity contribution in [2.75, 3.05) is 50.8 Å². The van der Waals surface area contributed by atoms with Crippen LogP contribution in [-0.4, -0.2) is 72.3 Å². The zero-order valence-electron chi connectivity index (χ0n) is 20.7. The van der Waals surface area contributed by atoms with Gasteiger partial charge in [-0.25, -0.2) is 4.79 Å². The lowest BCUT2D eigenvalue weighted by Crippen LogP contribution is -2.47. The topological polar surface area (TPSA) is 99.7 Å². The van der Waals surface area contributed by atoms with Crippen LogP contribution in [0, 0.1) is 0 Å². The molecule has 196 valence electrons. The van der Waals surface area contributed by atoms with E-state index in [0.717, 1.165) is 62.7 Å². The Labute approximate surface area is 220 Å². The molecule has 10 heteroatoms. The number of hydrogen-bond donors (Lipinski definition) is 2. The van der Waals surface area contributed by atoms with Gasteiger partial charge in [-0.15, -0.1) is 0 Å². The fourth-order valence-corrected chi connectivity index (χ4v) is 5.25. The number of aromatic nitrogens is 2. The van der Waals surface area contributed by atoms with Crippen molar-refractivity contribution in [1.82, 2.24) is 19.8 Å². The average molecular weight is 526 g/mol. The van der Waals surface area contributed by atoms with Crippen LogP contribution in [0.25, 0.3) is 10.9 Å². The quantitative estimate of drug-likeness (QED) is 0.438. The highest BCUT2D eigenvalue weighted by Crippen LogP contribution is 2.21. The van der Waals surface area contributed by atoms with E-state index in [4.69, 9.17) is 16.3 Å². The van der Waals surface area contributed by atoms with Gasteiger partial charge in [0.2, 0.25) is 0 Å². The maximum absolute atomic E-state index is 12.9. The maximum atomic E-state index is 12.9. The molecule has 2 saturated heterocycles. The zero-order chi connectivity index (χ0) is 25.8. The molecule has 9 nitrogen and oxygen atoms in total. The predicted octanol–water partition coefficient (Wildman–Crippen LogP) is 2.46. The maximum Gasteiger partial charge on any atom is 0.328 e. The number of ether oxygens (including phenoxy) is 1. The van der Waals surface area contributed by atoms with Crippen LogP contribution in [0.2, 0.25) is 5.02 Å². The fourth-order valence-electron chi connectivity index (χ4n) is 5.06. The van der Waals surface area contributed by atoms with Crippen LogP contribution in [0.1, 0.15) is 29.6 Å². The van der Waals surface area contributed by atoms with Crippen LogP contribution in [0.4, 0.5) is 5.69 Å². The van der Waals surface area contributed by atoms with Crippen molar-refractivity contribution in [2.24, 2.45) is 0 Å². The number of hydrogen-bond acceptors (Lipinski definition) is 6. The highest BCUT2D eigenvalue weighted by atomic mass is 35.5. The number of fused-ring (bicyclic) bond motifs is 1. The number of carbonyl (C=O) groups is 1. The van der Waals surface area contributed by atoms with E-state index in [2.05, 4.69) is 26.2 Å². The van der Waals surface area contributed by atoms with Crippen LogP contribution in [-0.2, 0) is 11.3 Å². The standard InChI is InChI=1S/C27H32ClN5O4/c28-20-4-1-5-21(17-20)32-13-11-31(12-14-32)10-3-9-29-25(34)19-7-8-23-24(16-19)30-27(36)33(26(23)35)18-22-6-2-15-37-22/h1,4-5,7-8,16-17,22H,2-3,6,9-15,18H2,(H,29,34)(H,30,36)/t22-/m1/s1. The van der Waals surface area contributed by atoms with E-state index in [1.165, 1.54) is 4.57 Å². The molecule has 1 aromatic heterocycles. The third-order valence-electron chi connectivity index (χ3n) is 7.14. The Morgan fingerprint density at radius 2 is 1.95 bits per heavy atom. The molecular formula is C27H32ClN5O4. The van der Waals surface area contributed by atoms with Crippen LogP contribution in [0.5, 0.6) is 0 Å². The largest absolute Gasteiger partial charge is 0.376 e. The summed E-state index contributed by atoms with van der Waals surface area (Å²) >= 11 is 6.12. The van der Waals surface area contributed by atoms with Gasteiger partial charge in [-0.2, -0.15) is 0 Å². The molecule has 2 aliphatic rings. The van der Waals surface area contributed by atoms with Crippen molar-refractivity contribution < 1.29 is 9.53 Å². The normalized spacial score (nSPS) is 18.4. The molecule has 2 fully saturated rings. The minimum Gasteiger partial charge on any atom is -0.376 e. The van der Waals surface area contributed by atoms with Crippen LogP contribution >= 0.6 is 11.6 Å². The first-order valence-electron chi connectivity index (χ1n) is 12.9. The minimum absolute atomic E-state index is 0.117. The predicted molar refractivity (Wildman–Crippen MR) is 145 cm³/mol. The average Bonchev–Trinajstić information content (AvgIpc) is 3.42. The molecule has 2 N–H and O–H groups in total. The Morgan fingerprint density at radius 1 is 1.11 bits per heavy atom. The van der Waals surface area contributed by atoms with E-state index in [-0.39, 0.29) is 24.1 Å². The van der Waals surface area contributed by atoms with Crippen LogP contribution in [0.3, 0.4) is 0 Å². The van der Waals surface area contributed by atoms with Gasteiger partial charge in [0.25, 0.3) is 11.5 Å². The van der Waals surface area contributed by atoms with Gasteiger partial charge >= 0.3 is 5.69 Å². The summed E-state index contributed by atoms with van der Waals surface area (Å²) in [7, 11) is 0. The highest BCUT2D eigenvalue weighted by molar-refractivity contribution is 6.30. The molecule has 2 aliphatic heterocycles. The van der Waals surface area contributed by atoms with Crippen molar-refractivity contribution in [1.29, 1.82) is 0 Å². The Balaban J connectivity index is 1.11. The van der Waals surface area contributed by atoms with Crippen molar-refractivity contribution in [2.45, 2.75) is 31.9 Å². The van der Waals surface area contributed by atoms with E-state index in [1.807, 2.05) is 18.2 Å². The van der Waals surface area contributed by atoms with Crippen molar-refractivity contribution >= 4 is 34.1 Å². The zero-order valence-corrected chi connectivity index (χ0v) is 21.5. The SMILES string of the molecule is O=C(NCCCN1CCN(c2cccc(Cl)c2)CC1)c1ccc2c(=O)n(C[C@H]3CCCO3)c(=O)[nH]c2c1. The van der Waals surface area contributed by atoms with E-state index in [0.29, 0.717) is 29.6 Å². The molecule has 0 unspecified atom stereocenters.